The molecule has 0 saturated carbocycles. The number of hydrogen-bond acceptors (Lipinski definition) is 6. The van der Waals surface area contributed by atoms with Gasteiger partial charge in [-0.3, -0.25) is 9.59 Å². The Morgan fingerprint density at radius 2 is 1.18 bits per heavy atom. The highest BCUT2D eigenvalue weighted by molar-refractivity contribution is 5.85. The predicted octanol–water partition coefficient (Wildman–Crippen LogP) is 2.58. The van der Waals surface area contributed by atoms with Crippen LogP contribution in [0.4, 0.5) is 0 Å². The maximum Gasteiger partial charge on any atom is 0.303 e. The fourth-order valence-corrected chi connectivity index (χ4v) is 1.18. The van der Waals surface area contributed by atoms with Crippen LogP contribution in [-0.2, 0) is 9.59 Å². The molecule has 0 aliphatic carbocycles. The zero-order valence-corrected chi connectivity index (χ0v) is 13.8. The smallest absolute Gasteiger partial charge is 0.303 e. The zero-order chi connectivity index (χ0) is 15.8. The van der Waals surface area contributed by atoms with E-state index in [9.17, 15) is 9.59 Å². The van der Waals surface area contributed by atoms with Crippen molar-refractivity contribution in [2.75, 3.05) is 0 Å². The van der Waals surface area contributed by atoms with Gasteiger partial charge in [-0.05, 0) is 26.7 Å². The van der Waals surface area contributed by atoms with E-state index in [1.807, 2.05) is 12.1 Å². The topological polar surface area (TPSA) is 147 Å². The summed E-state index contributed by atoms with van der Waals surface area (Å²) < 4.78 is 0. The van der Waals surface area contributed by atoms with Gasteiger partial charge in [-0.1, -0.05) is 0 Å². The predicted molar refractivity (Wildman–Crippen MR) is 81.1 cm³/mol. The van der Waals surface area contributed by atoms with Crippen molar-refractivity contribution in [3.05, 3.63) is 0 Å². The molecule has 0 aromatic carbocycles. The maximum atomic E-state index is 10.5. The second-order valence-corrected chi connectivity index (χ2v) is 4.76. The first-order chi connectivity index (χ1) is 9.16. The third-order valence-electron chi connectivity index (χ3n) is 2.62. The van der Waals surface area contributed by atoms with Gasteiger partial charge in [0, 0.05) is 12.8 Å². The molecule has 124 valence electrons. The van der Waals surface area contributed by atoms with Crippen LogP contribution >= 0.6 is 24.8 Å². The third-order valence-corrected chi connectivity index (χ3v) is 2.62. The molecule has 0 saturated heterocycles. The Morgan fingerprint density at radius 1 is 0.909 bits per heavy atom. The molecule has 0 aliphatic heterocycles. The first kappa shape index (κ1) is 25.1. The summed E-state index contributed by atoms with van der Waals surface area (Å²) in [5, 5.41) is 42.7. The summed E-state index contributed by atoms with van der Waals surface area (Å²) in [5.74, 6) is -2.12. The van der Waals surface area contributed by atoms with Gasteiger partial charge in [-0.25, -0.2) is 0 Å². The lowest BCUT2D eigenvalue weighted by Crippen LogP contribution is -2.25. The highest BCUT2D eigenvalue weighted by Gasteiger charge is 2.29. The number of rotatable bonds is 8. The third kappa shape index (κ3) is 9.92. The van der Waals surface area contributed by atoms with Gasteiger partial charge in [0.15, 0.2) is 11.1 Å². The molecule has 0 aliphatic rings. The quantitative estimate of drug-likeness (QED) is 0.641. The Labute approximate surface area is 140 Å². The Bertz CT molecular complexity index is 456. The average molecular weight is 353 g/mol. The van der Waals surface area contributed by atoms with E-state index in [1.54, 1.807) is 0 Å². The number of carbonyl (C=O) groups is 2. The molecule has 0 bridgehead atoms. The van der Waals surface area contributed by atoms with E-state index in [0.717, 1.165) is 0 Å². The molecular weight excluding hydrogens is 335 g/mol. The Balaban J connectivity index is -0.00000180. The van der Waals surface area contributed by atoms with E-state index in [0.29, 0.717) is 0 Å². The minimum Gasteiger partial charge on any atom is -0.481 e. The van der Waals surface area contributed by atoms with Crippen molar-refractivity contribution < 1.29 is 19.8 Å². The van der Waals surface area contributed by atoms with E-state index in [4.69, 9.17) is 20.7 Å². The normalized spacial score (nSPS) is 15.1. The molecule has 0 aromatic rings. The van der Waals surface area contributed by atoms with Crippen LogP contribution in [0.2, 0.25) is 0 Å². The molecule has 2 atom stereocenters. The molecule has 0 heterocycles. The molecule has 0 spiro atoms. The molecule has 0 rings (SSSR count). The van der Waals surface area contributed by atoms with E-state index < -0.39 is 23.0 Å². The highest BCUT2D eigenvalue weighted by atomic mass is 35.5. The maximum absolute atomic E-state index is 10.5. The molecular formula is C12H18Cl2N4O4. The van der Waals surface area contributed by atoms with Gasteiger partial charge in [0.25, 0.3) is 0 Å². The van der Waals surface area contributed by atoms with E-state index >= 15 is 0 Å². The summed E-state index contributed by atoms with van der Waals surface area (Å²) in [6.07, 6.45) is -0.575. The number of carboxylic acid groups (broad SMARTS) is 2. The van der Waals surface area contributed by atoms with Crippen LogP contribution in [0, 0.1) is 22.7 Å². The van der Waals surface area contributed by atoms with Crippen LogP contribution in [-0.4, -0.2) is 33.2 Å². The van der Waals surface area contributed by atoms with Crippen molar-refractivity contribution in [1.29, 1.82) is 10.5 Å². The molecule has 0 aromatic heterocycles. The molecule has 0 fully saturated rings. The van der Waals surface area contributed by atoms with Gasteiger partial charge in [-0.2, -0.15) is 20.8 Å². The number of carboxylic acids is 2. The lowest BCUT2D eigenvalue weighted by molar-refractivity contribution is -0.138. The van der Waals surface area contributed by atoms with Crippen molar-refractivity contribution in [2.24, 2.45) is 10.2 Å². The number of halogens is 2. The Hall–Kier alpha value is -1.90. The molecule has 0 radical (unpaired) electrons. The minimum absolute atomic E-state index is 0. The molecule has 2 N–H and O–H groups in total. The van der Waals surface area contributed by atoms with Crippen molar-refractivity contribution in [3.63, 3.8) is 0 Å². The van der Waals surface area contributed by atoms with Crippen LogP contribution in [0.5, 0.6) is 0 Å². The highest BCUT2D eigenvalue weighted by Crippen LogP contribution is 2.23. The van der Waals surface area contributed by atoms with E-state index in [1.165, 1.54) is 13.8 Å². The summed E-state index contributed by atoms with van der Waals surface area (Å²) in [6.45, 7) is 2.82. The number of aliphatic carboxylic acids is 2. The first-order valence-corrected chi connectivity index (χ1v) is 5.86. The van der Waals surface area contributed by atoms with Crippen molar-refractivity contribution in [2.45, 2.75) is 50.6 Å². The summed E-state index contributed by atoms with van der Waals surface area (Å²) in [4.78, 5) is 21.0. The Morgan fingerprint density at radius 3 is 1.36 bits per heavy atom. The fourth-order valence-electron chi connectivity index (χ4n) is 1.18. The van der Waals surface area contributed by atoms with Gasteiger partial charge in [-0.15, -0.1) is 24.8 Å². The van der Waals surface area contributed by atoms with Gasteiger partial charge >= 0.3 is 11.9 Å². The van der Waals surface area contributed by atoms with E-state index in [2.05, 4.69) is 10.2 Å². The van der Waals surface area contributed by atoms with Gasteiger partial charge < -0.3 is 10.2 Å². The number of azo groups is 1. The zero-order valence-electron chi connectivity index (χ0n) is 12.1. The number of nitrogens with zero attached hydrogens (tertiary/aromatic N) is 4. The molecule has 8 nitrogen and oxygen atoms in total. The van der Waals surface area contributed by atoms with Crippen LogP contribution in [0.3, 0.4) is 0 Å². The number of hydrogen-bond donors (Lipinski definition) is 2. The largest absolute Gasteiger partial charge is 0.481 e. The summed E-state index contributed by atoms with van der Waals surface area (Å²) in [7, 11) is 0. The number of nitriles is 2. The average Bonchev–Trinajstić information content (AvgIpc) is 2.41. The van der Waals surface area contributed by atoms with Crippen LogP contribution in [0.15, 0.2) is 10.2 Å². The fraction of sp³-hybridized carbons (Fsp3) is 0.667. The Kier molecular flexibility index (Phi) is 12.3. The van der Waals surface area contributed by atoms with Gasteiger partial charge in [0.05, 0.1) is 12.1 Å². The molecule has 0 amide bonds. The lowest BCUT2D eigenvalue weighted by Gasteiger charge is -2.18. The molecule has 22 heavy (non-hydrogen) atoms. The lowest BCUT2D eigenvalue weighted by atomic mass is 9.97. The first-order valence-electron chi connectivity index (χ1n) is 5.86. The van der Waals surface area contributed by atoms with Gasteiger partial charge in [0.1, 0.15) is 0 Å². The second kappa shape index (κ2) is 10.8. The van der Waals surface area contributed by atoms with Gasteiger partial charge in [0.2, 0.25) is 0 Å². The monoisotopic (exact) mass is 352 g/mol. The van der Waals surface area contributed by atoms with Crippen molar-refractivity contribution in [1.82, 2.24) is 0 Å². The summed E-state index contributed by atoms with van der Waals surface area (Å²) in [6, 6.07) is 3.69. The van der Waals surface area contributed by atoms with Crippen LogP contribution in [0.25, 0.3) is 0 Å². The standard InChI is InChI=1S/C12H16N4O4.2ClH/c1-11(7-13,5-3-9(17)18)15-16-12(2,8-14)6-4-10(19)20;;/h3-6H2,1-2H3,(H,17,18)(H,19,20);2*1H. The van der Waals surface area contributed by atoms with Crippen molar-refractivity contribution in [3.8, 4) is 12.1 Å². The molecule has 2 unspecified atom stereocenters. The summed E-state index contributed by atoms with van der Waals surface area (Å²) in [5.41, 5.74) is -2.69. The van der Waals surface area contributed by atoms with E-state index in [-0.39, 0.29) is 50.5 Å². The van der Waals surface area contributed by atoms with Crippen molar-refractivity contribution >= 4 is 36.8 Å². The summed E-state index contributed by atoms with van der Waals surface area (Å²) >= 11 is 0. The second-order valence-electron chi connectivity index (χ2n) is 4.76. The molecule has 10 heteroatoms. The van der Waals surface area contributed by atoms with Crippen LogP contribution in [0.1, 0.15) is 39.5 Å². The SMILES string of the molecule is CC(C#N)(CCC(=O)O)N=NC(C)(C#N)CCC(=O)O.Cl.Cl. The van der Waals surface area contributed by atoms with Crippen LogP contribution < -0.4 is 0 Å². The minimum atomic E-state index is -1.35.